The number of rotatable bonds is 6. The van der Waals surface area contributed by atoms with Crippen molar-refractivity contribution in [2.45, 2.75) is 33.1 Å². The molecule has 6 nitrogen and oxygen atoms in total. The van der Waals surface area contributed by atoms with Gasteiger partial charge in [-0.25, -0.2) is 4.98 Å². The van der Waals surface area contributed by atoms with E-state index in [1.807, 2.05) is 13.8 Å². The number of aromatic nitrogens is 1. The molecule has 1 aromatic heterocycles. The number of ether oxygens (including phenoxy) is 2. The second-order valence-corrected chi connectivity index (χ2v) is 8.13. The zero-order valence-corrected chi connectivity index (χ0v) is 17.0. The molecule has 1 amide bonds. The van der Waals surface area contributed by atoms with Gasteiger partial charge in [-0.2, -0.15) is 0 Å². The Bertz CT molecular complexity index is 879. The number of thiazole rings is 1. The Morgan fingerprint density at radius 3 is 2.81 bits per heavy atom. The van der Waals surface area contributed by atoms with E-state index >= 15 is 0 Å². The highest BCUT2D eigenvalue weighted by molar-refractivity contribution is 7.17. The number of carbonyl (C=O) groups excluding carboxylic acids is 2. The lowest BCUT2D eigenvalue weighted by molar-refractivity contribution is 0.0975. The Morgan fingerprint density at radius 1 is 1.37 bits per heavy atom. The number of ketones is 1. The Morgan fingerprint density at radius 2 is 2.15 bits per heavy atom. The minimum absolute atomic E-state index is 0.0885. The summed E-state index contributed by atoms with van der Waals surface area (Å²) in [5.41, 5.74) is 1.09. The van der Waals surface area contributed by atoms with Gasteiger partial charge in [0.2, 0.25) is 0 Å². The van der Waals surface area contributed by atoms with E-state index < -0.39 is 0 Å². The van der Waals surface area contributed by atoms with Gasteiger partial charge >= 0.3 is 0 Å². The summed E-state index contributed by atoms with van der Waals surface area (Å²) in [6.07, 6.45) is 2.09. The number of amides is 1. The van der Waals surface area contributed by atoms with Gasteiger partial charge in [0, 0.05) is 12.0 Å². The Labute approximate surface area is 166 Å². The molecule has 0 radical (unpaired) electrons. The standard InChI is InChI=1S/C19H21ClN2O4S/c1-10(2)9-26-16-12(20)7-11(8-15(16)25-3)18(24)22-19-21-13-5-4-6-14(23)17(13)27-19/h7-8,10H,4-6,9H2,1-3H3,(H,21,22,24). The van der Waals surface area contributed by atoms with E-state index in [-0.39, 0.29) is 11.7 Å². The molecular formula is C19H21ClN2O4S. The fraction of sp³-hybridized carbons (Fsp3) is 0.421. The lowest BCUT2D eigenvalue weighted by atomic mass is 10.0. The van der Waals surface area contributed by atoms with Crippen LogP contribution >= 0.6 is 22.9 Å². The van der Waals surface area contributed by atoms with Crippen LogP contribution in [0.2, 0.25) is 5.02 Å². The largest absolute Gasteiger partial charge is 0.493 e. The zero-order chi connectivity index (χ0) is 19.6. The maximum atomic E-state index is 12.6. The first-order valence-corrected chi connectivity index (χ1v) is 9.93. The van der Waals surface area contributed by atoms with Crippen LogP contribution in [0, 0.1) is 5.92 Å². The van der Waals surface area contributed by atoms with Crippen molar-refractivity contribution in [1.82, 2.24) is 4.98 Å². The summed E-state index contributed by atoms with van der Waals surface area (Å²) in [6.45, 7) is 4.54. The average Bonchev–Trinajstić information content (AvgIpc) is 3.03. The minimum atomic E-state index is -0.371. The molecule has 1 N–H and O–H groups in total. The molecule has 27 heavy (non-hydrogen) atoms. The number of benzene rings is 1. The highest BCUT2D eigenvalue weighted by atomic mass is 35.5. The first-order valence-electron chi connectivity index (χ1n) is 8.73. The Balaban J connectivity index is 1.80. The number of anilines is 1. The Kier molecular flexibility index (Phi) is 6.01. The van der Waals surface area contributed by atoms with Crippen LogP contribution in [0.5, 0.6) is 11.5 Å². The maximum absolute atomic E-state index is 12.6. The summed E-state index contributed by atoms with van der Waals surface area (Å²) in [5.74, 6) is 0.851. The van der Waals surface area contributed by atoms with Crippen LogP contribution in [0.25, 0.3) is 0 Å². The Hall–Kier alpha value is -2.12. The van der Waals surface area contributed by atoms with E-state index in [4.69, 9.17) is 21.1 Å². The van der Waals surface area contributed by atoms with Gasteiger partial charge in [0.15, 0.2) is 22.4 Å². The van der Waals surface area contributed by atoms with Crippen LogP contribution in [0.4, 0.5) is 5.13 Å². The van der Waals surface area contributed by atoms with Crippen molar-refractivity contribution in [2.24, 2.45) is 5.92 Å². The third kappa shape index (κ3) is 4.42. The van der Waals surface area contributed by atoms with E-state index in [0.29, 0.717) is 51.0 Å². The molecule has 0 spiro atoms. The highest BCUT2D eigenvalue weighted by Gasteiger charge is 2.23. The van der Waals surface area contributed by atoms with Gasteiger partial charge in [-0.1, -0.05) is 36.8 Å². The first-order chi connectivity index (χ1) is 12.9. The van der Waals surface area contributed by atoms with E-state index in [2.05, 4.69) is 10.3 Å². The molecule has 8 heteroatoms. The van der Waals surface area contributed by atoms with E-state index in [9.17, 15) is 9.59 Å². The molecule has 0 atom stereocenters. The predicted molar refractivity (Wildman–Crippen MR) is 106 cm³/mol. The molecule has 0 saturated carbocycles. The fourth-order valence-electron chi connectivity index (χ4n) is 2.73. The van der Waals surface area contributed by atoms with Crippen LogP contribution in [0.1, 0.15) is 52.4 Å². The van der Waals surface area contributed by atoms with E-state index in [1.54, 1.807) is 6.07 Å². The van der Waals surface area contributed by atoms with Gasteiger partial charge in [-0.05, 0) is 30.9 Å². The molecule has 1 aliphatic rings. The summed E-state index contributed by atoms with van der Waals surface area (Å²) in [6, 6.07) is 3.11. The molecule has 3 rings (SSSR count). The molecule has 2 aromatic rings. The number of hydrogen-bond donors (Lipinski definition) is 1. The van der Waals surface area contributed by atoms with Gasteiger partial charge < -0.3 is 9.47 Å². The van der Waals surface area contributed by atoms with Gasteiger partial charge in [0.25, 0.3) is 5.91 Å². The SMILES string of the molecule is COc1cc(C(=O)Nc2nc3c(s2)C(=O)CCC3)cc(Cl)c1OCC(C)C. The van der Waals surface area contributed by atoms with Gasteiger partial charge in [-0.3, -0.25) is 14.9 Å². The van der Waals surface area contributed by atoms with Gasteiger partial charge in [-0.15, -0.1) is 0 Å². The molecule has 0 saturated heterocycles. The number of halogens is 1. The third-order valence-electron chi connectivity index (χ3n) is 4.04. The molecule has 0 aliphatic heterocycles. The fourth-order valence-corrected chi connectivity index (χ4v) is 3.97. The molecule has 1 aliphatic carbocycles. The summed E-state index contributed by atoms with van der Waals surface area (Å²) in [4.78, 5) is 29.6. The van der Waals surface area contributed by atoms with E-state index in [1.165, 1.54) is 24.5 Å². The number of Topliss-reactive ketones (excluding diaryl/α,β-unsaturated/α-hetero) is 1. The highest BCUT2D eigenvalue weighted by Crippen LogP contribution is 2.37. The number of fused-ring (bicyclic) bond motifs is 1. The van der Waals surface area contributed by atoms with Crippen LogP contribution in [0.15, 0.2) is 12.1 Å². The third-order valence-corrected chi connectivity index (χ3v) is 5.38. The second kappa shape index (κ2) is 8.27. The number of hydrogen-bond acceptors (Lipinski definition) is 6. The molecule has 144 valence electrons. The predicted octanol–water partition coefficient (Wildman–Crippen LogP) is 4.61. The molecule has 1 heterocycles. The monoisotopic (exact) mass is 408 g/mol. The normalized spacial score (nSPS) is 13.4. The number of aryl methyl sites for hydroxylation is 1. The molecule has 1 aromatic carbocycles. The zero-order valence-electron chi connectivity index (χ0n) is 15.4. The summed E-state index contributed by atoms with van der Waals surface area (Å²) in [5, 5.41) is 3.46. The molecular weight excluding hydrogens is 388 g/mol. The van der Waals surface area contributed by atoms with Crippen LogP contribution in [0.3, 0.4) is 0 Å². The lowest BCUT2D eigenvalue weighted by Gasteiger charge is -2.15. The minimum Gasteiger partial charge on any atom is -0.493 e. The number of nitrogens with zero attached hydrogens (tertiary/aromatic N) is 1. The lowest BCUT2D eigenvalue weighted by Crippen LogP contribution is -2.13. The average molecular weight is 409 g/mol. The first kappa shape index (κ1) is 19.6. The maximum Gasteiger partial charge on any atom is 0.257 e. The van der Waals surface area contributed by atoms with Crippen molar-refractivity contribution < 1.29 is 19.1 Å². The van der Waals surface area contributed by atoms with Gasteiger partial charge in [0.1, 0.15) is 0 Å². The smallest absolute Gasteiger partial charge is 0.257 e. The molecule has 0 bridgehead atoms. The van der Waals surface area contributed by atoms with Gasteiger partial charge in [0.05, 0.1) is 29.3 Å². The van der Waals surface area contributed by atoms with E-state index in [0.717, 1.165) is 18.5 Å². The summed E-state index contributed by atoms with van der Waals surface area (Å²) < 4.78 is 11.0. The molecule has 0 unspecified atom stereocenters. The van der Waals surface area contributed by atoms with Crippen molar-refractivity contribution in [3.8, 4) is 11.5 Å². The number of carbonyl (C=O) groups is 2. The second-order valence-electron chi connectivity index (χ2n) is 6.72. The van der Waals surface area contributed by atoms with Crippen LogP contribution < -0.4 is 14.8 Å². The number of nitrogens with one attached hydrogen (secondary N) is 1. The van der Waals surface area contributed by atoms with Crippen molar-refractivity contribution in [2.75, 3.05) is 19.0 Å². The van der Waals surface area contributed by atoms with Crippen LogP contribution in [-0.2, 0) is 6.42 Å². The topological polar surface area (TPSA) is 77.5 Å². The van der Waals surface area contributed by atoms with Crippen molar-refractivity contribution >= 4 is 39.8 Å². The van der Waals surface area contributed by atoms with Crippen molar-refractivity contribution in [3.05, 3.63) is 33.3 Å². The summed E-state index contributed by atoms with van der Waals surface area (Å²) >= 11 is 7.52. The summed E-state index contributed by atoms with van der Waals surface area (Å²) in [7, 11) is 1.50. The number of methoxy groups -OCH3 is 1. The van der Waals surface area contributed by atoms with Crippen molar-refractivity contribution in [3.63, 3.8) is 0 Å². The van der Waals surface area contributed by atoms with Crippen LogP contribution in [-0.4, -0.2) is 30.4 Å². The quantitative estimate of drug-likeness (QED) is 0.755. The van der Waals surface area contributed by atoms with Crippen molar-refractivity contribution in [1.29, 1.82) is 0 Å². The molecule has 0 fully saturated rings.